The van der Waals surface area contributed by atoms with Crippen molar-refractivity contribution in [3.8, 4) is 11.5 Å². The molecule has 6 nitrogen and oxygen atoms in total. The molecule has 0 bridgehead atoms. The van der Waals surface area contributed by atoms with Crippen molar-refractivity contribution < 1.29 is 9.53 Å². The first-order valence-electron chi connectivity index (χ1n) is 11.9. The van der Waals surface area contributed by atoms with Crippen molar-refractivity contribution in [2.24, 2.45) is 0 Å². The van der Waals surface area contributed by atoms with Gasteiger partial charge in [0.15, 0.2) is 10.8 Å². The molecule has 3 aromatic rings. The second-order valence-corrected chi connectivity index (χ2v) is 15.8. The first-order valence-corrected chi connectivity index (χ1v) is 15.4. The van der Waals surface area contributed by atoms with Crippen LogP contribution in [-0.4, -0.2) is 35.4 Å². The van der Waals surface area contributed by atoms with Gasteiger partial charge in [-0.15, -0.1) is 5.54 Å². The summed E-state index contributed by atoms with van der Waals surface area (Å²) >= 11 is 1.44. The standard InChI is InChI=1S/C27H34N4O2SSi/c1-18(2)35(19(3)4,20(5)6)14-13-22-15-24(29-25-23(22)16-28-26(31-25)34-7)30-27(32)33-17-21-11-9-8-10-12-21/h8-12,15-16,18-20H,17H2,1-7H3,(H,28,29,30,31,32). The third-order valence-corrected chi connectivity index (χ3v) is 13.3. The minimum Gasteiger partial charge on any atom is -0.444 e. The predicted molar refractivity (Wildman–Crippen MR) is 147 cm³/mol. The van der Waals surface area contributed by atoms with E-state index in [-0.39, 0.29) is 6.61 Å². The molecule has 0 aliphatic rings. The smallest absolute Gasteiger partial charge is 0.413 e. The molecule has 0 saturated carbocycles. The lowest BCUT2D eigenvalue weighted by Gasteiger charge is -2.38. The molecule has 3 rings (SSSR count). The summed E-state index contributed by atoms with van der Waals surface area (Å²) in [6.45, 7) is 13.9. The number of nitrogens with one attached hydrogen (secondary N) is 1. The Morgan fingerprint density at radius 2 is 1.71 bits per heavy atom. The van der Waals surface area contributed by atoms with Gasteiger partial charge in [0, 0.05) is 11.8 Å². The fourth-order valence-electron chi connectivity index (χ4n) is 4.73. The van der Waals surface area contributed by atoms with E-state index in [0.29, 0.717) is 33.2 Å². The molecule has 2 heterocycles. The summed E-state index contributed by atoms with van der Waals surface area (Å²) in [5.41, 5.74) is 7.45. The Morgan fingerprint density at radius 1 is 1.06 bits per heavy atom. The topological polar surface area (TPSA) is 77.0 Å². The van der Waals surface area contributed by atoms with Gasteiger partial charge >= 0.3 is 6.09 Å². The molecule has 0 atom stereocenters. The largest absolute Gasteiger partial charge is 0.444 e. The zero-order chi connectivity index (χ0) is 25.6. The first kappa shape index (κ1) is 26.7. The van der Waals surface area contributed by atoms with E-state index in [0.717, 1.165) is 16.5 Å². The maximum atomic E-state index is 12.5. The Bertz CT molecular complexity index is 1210. The zero-order valence-electron chi connectivity index (χ0n) is 21.5. The second kappa shape index (κ2) is 11.7. The Morgan fingerprint density at radius 3 is 2.31 bits per heavy atom. The Labute approximate surface area is 213 Å². The lowest BCUT2D eigenvalue weighted by molar-refractivity contribution is 0.155. The van der Waals surface area contributed by atoms with Crippen molar-refractivity contribution in [2.75, 3.05) is 11.6 Å². The molecule has 0 fully saturated rings. The van der Waals surface area contributed by atoms with Crippen molar-refractivity contribution in [1.29, 1.82) is 0 Å². The summed E-state index contributed by atoms with van der Waals surface area (Å²) in [5, 5.41) is 4.14. The summed E-state index contributed by atoms with van der Waals surface area (Å²) in [5.74, 6) is 3.83. The van der Waals surface area contributed by atoms with Crippen LogP contribution in [0.5, 0.6) is 0 Å². The van der Waals surface area contributed by atoms with Crippen LogP contribution in [0.1, 0.15) is 52.7 Å². The van der Waals surface area contributed by atoms with Gasteiger partial charge in [0.25, 0.3) is 0 Å². The minimum absolute atomic E-state index is 0.178. The van der Waals surface area contributed by atoms with Gasteiger partial charge in [0.05, 0.1) is 5.39 Å². The van der Waals surface area contributed by atoms with Crippen LogP contribution >= 0.6 is 11.8 Å². The number of anilines is 1. The number of hydrogen-bond acceptors (Lipinski definition) is 6. The van der Waals surface area contributed by atoms with Crippen molar-refractivity contribution >= 4 is 42.8 Å². The minimum atomic E-state index is -1.95. The lowest BCUT2D eigenvalue weighted by Crippen LogP contribution is -2.43. The van der Waals surface area contributed by atoms with E-state index >= 15 is 0 Å². The van der Waals surface area contributed by atoms with Crippen LogP contribution in [0.15, 0.2) is 47.8 Å². The van der Waals surface area contributed by atoms with E-state index in [1.807, 2.05) is 36.6 Å². The summed E-state index contributed by atoms with van der Waals surface area (Å²) in [6.07, 6.45) is 3.11. The molecule has 8 heteroatoms. The average Bonchev–Trinajstić information content (AvgIpc) is 2.82. The molecule has 0 spiro atoms. The number of nitrogens with zero attached hydrogens (tertiary/aromatic N) is 3. The van der Waals surface area contributed by atoms with Crippen molar-refractivity contribution in [3.05, 3.63) is 53.7 Å². The second-order valence-electron chi connectivity index (χ2n) is 9.48. The molecule has 184 valence electrons. The normalized spacial score (nSPS) is 11.6. The van der Waals surface area contributed by atoms with Crippen LogP contribution in [0.25, 0.3) is 11.0 Å². The quantitative estimate of drug-likeness (QED) is 0.160. The van der Waals surface area contributed by atoms with E-state index in [1.165, 1.54) is 11.8 Å². The van der Waals surface area contributed by atoms with Crippen LogP contribution < -0.4 is 5.32 Å². The number of rotatable bonds is 7. The molecule has 1 N–H and O–H groups in total. The molecule has 1 aromatic carbocycles. The third-order valence-electron chi connectivity index (χ3n) is 6.45. The highest BCUT2D eigenvalue weighted by molar-refractivity contribution is 7.98. The maximum Gasteiger partial charge on any atom is 0.413 e. The van der Waals surface area contributed by atoms with Crippen LogP contribution in [0.2, 0.25) is 16.6 Å². The van der Waals surface area contributed by atoms with Gasteiger partial charge in [-0.05, 0) is 34.5 Å². The number of aromatic nitrogens is 3. The van der Waals surface area contributed by atoms with Crippen LogP contribution in [-0.2, 0) is 11.3 Å². The number of pyridine rings is 1. The van der Waals surface area contributed by atoms with Gasteiger partial charge in [-0.25, -0.2) is 19.7 Å². The maximum absolute atomic E-state index is 12.5. The van der Waals surface area contributed by atoms with Gasteiger partial charge in [-0.2, -0.15) is 0 Å². The predicted octanol–water partition coefficient (Wildman–Crippen LogP) is 7.06. The number of carbonyl (C=O) groups excluding carboxylic acids is 1. The van der Waals surface area contributed by atoms with Gasteiger partial charge in [0.1, 0.15) is 20.5 Å². The zero-order valence-corrected chi connectivity index (χ0v) is 23.4. The number of carbonyl (C=O) groups is 1. The highest BCUT2D eigenvalue weighted by Crippen LogP contribution is 2.41. The Balaban J connectivity index is 2.00. The van der Waals surface area contributed by atoms with Crippen LogP contribution in [0, 0.1) is 11.5 Å². The van der Waals surface area contributed by atoms with Crippen molar-refractivity contribution in [1.82, 2.24) is 15.0 Å². The molecule has 35 heavy (non-hydrogen) atoms. The molecule has 0 saturated heterocycles. The molecular formula is C27H34N4O2SSi. The summed E-state index contributed by atoms with van der Waals surface area (Å²) in [6, 6.07) is 11.3. The number of hydrogen-bond donors (Lipinski definition) is 1. The number of amides is 1. The molecule has 1 amide bonds. The third kappa shape index (κ3) is 6.22. The summed E-state index contributed by atoms with van der Waals surface area (Å²) in [7, 11) is -1.95. The number of benzene rings is 1. The van der Waals surface area contributed by atoms with Gasteiger partial charge in [-0.3, -0.25) is 5.32 Å². The number of thioether (sulfide) groups is 1. The van der Waals surface area contributed by atoms with Crippen molar-refractivity contribution in [3.63, 3.8) is 0 Å². The molecule has 0 radical (unpaired) electrons. The summed E-state index contributed by atoms with van der Waals surface area (Å²) < 4.78 is 5.38. The fourth-order valence-corrected chi connectivity index (χ4v) is 10.3. The van der Waals surface area contributed by atoms with E-state index in [2.05, 4.69) is 73.3 Å². The van der Waals surface area contributed by atoms with E-state index in [9.17, 15) is 4.79 Å². The van der Waals surface area contributed by atoms with Gasteiger partial charge in [-0.1, -0.05) is 89.6 Å². The molecule has 2 aromatic heterocycles. The highest BCUT2D eigenvalue weighted by atomic mass is 32.2. The Hall–Kier alpha value is -2.89. The lowest BCUT2D eigenvalue weighted by atomic mass is 10.2. The van der Waals surface area contributed by atoms with Gasteiger partial charge in [0.2, 0.25) is 0 Å². The molecule has 0 aliphatic carbocycles. The molecule has 0 unspecified atom stereocenters. The van der Waals surface area contributed by atoms with E-state index < -0.39 is 14.2 Å². The number of fused-ring (bicyclic) bond motifs is 1. The van der Waals surface area contributed by atoms with Crippen LogP contribution in [0.3, 0.4) is 0 Å². The first-order chi connectivity index (χ1) is 16.7. The van der Waals surface area contributed by atoms with Crippen molar-refractivity contribution in [2.45, 2.75) is 69.9 Å². The van der Waals surface area contributed by atoms with Gasteiger partial charge < -0.3 is 4.74 Å². The monoisotopic (exact) mass is 506 g/mol. The van der Waals surface area contributed by atoms with E-state index in [4.69, 9.17) is 4.74 Å². The molecule has 0 aliphatic heterocycles. The average molecular weight is 507 g/mol. The molecular weight excluding hydrogens is 472 g/mol. The van der Waals surface area contributed by atoms with E-state index in [1.54, 1.807) is 12.3 Å². The Kier molecular flexibility index (Phi) is 8.92. The SMILES string of the molecule is CSc1ncc2c(C#C[Si](C(C)C)(C(C)C)C(C)C)cc(NC(=O)OCc3ccccc3)nc2n1. The van der Waals surface area contributed by atoms with Crippen LogP contribution in [0.4, 0.5) is 10.6 Å². The summed E-state index contributed by atoms with van der Waals surface area (Å²) in [4.78, 5) is 26.0. The highest BCUT2D eigenvalue weighted by Gasteiger charge is 2.41. The fraction of sp³-hybridized carbons (Fsp3) is 0.407. The number of ether oxygens (including phenoxy) is 1.